The van der Waals surface area contributed by atoms with Crippen molar-refractivity contribution >= 4 is 47.8 Å². The number of ether oxygens (including phenoxy) is 5. The average molecular weight is 1060 g/mol. The minimum atomic E-state index is -1.50. The first-order chi connectivity index (χ1) is 37.2. The molecule has 0 atom stereocenters. The second-order valence-corrected chi connectivity index (χ2v) is 17.0. The number of rotatable bonds is 26. The number of hydrogen-bond donors (Lipinski definition) is 8. The van der Waals surface area contributed by atoms with Crippen molar-refractivity contribution in [2.45, 2.75) is 45.9 Å². The Morgan fingerprint density at radius 3 is 0.795 bits per heavy atom. The first-order valence-electron chi connectivity index (χ1n) is 23.1. The molecule has 21 nitrogen and oxygen atoms in total. The molecule has 7 aromatic carbocycles. The van der Waals surface area contributed by atoms with E-state index in [-0.39, 0.29) is 91.7 Å². The molecule has 0 spiro atoms. The Labute approximate surface area is 440 Å². The fraction of sp³-hybridized carbons (Fsp3) is 0.123. The molecule has 0 radical (unpaired) electrons. The second-order valence-electron chi connectivity index (χ2n) is 17.0. The number of carboxylic acids is 8. The highest BCUT2D eigenvalue weighted by Gasteiger charge is 2.28. The number of hydrogen-bond acceptors (Lipinski definition) is 13. The second kappa shape index (κ2) is 24.6. The van der Waals surface area contributed by atoms with Gasteiger partial charge < -0.3 is 64.5 Å². The van der Waals surface area contributed by atoms with Gasteiger partial charge in [-0.15, -0.1) is 0 Å². The van der Waals surface area contributed by atoms with Crippen LogP contribution in [0.4, 0.5) is 0 Å². The van der Waals surface area contributed by atoms with E-state index < -0.39 is 103 Å². The van der Waals surface area contributed by atoms with Crippen LogP contribution in [0, 0.1) is 0 Å². The first-order valence-corrected chi connectivity index (χ1v) is 23.1. The van der Waals surface area contributed by atoms with E-state index in [2.05, 4.69) is 0 Å². The molecule has 0 saturated carbocycles. The summed E-state index contributed by atoms with van der Waals surface area (Å²) in [7, 11) is 0. The zero-order valence-corrected chi connectivity index (χ0v) is 40.5. The van der Waals surface area contributed by atoms with Crippen molar-refractivity contribution in [3.8, 4) is 28.7 Å². The summed E-state index contributed by atoms with van der Waals surface area (Å²) in [5, 5.41) is 79.4. The van der Waals surface area contributed by atoms with Crippen LogP contribution in [-0.4, -0.2) is 88.6 Å². The zero-order chi connectivity index (χ0) is 56.2. The van der Waals surface area contributed by atoms with Crippen LogP contribution in [0.3, 0.4) is 0 Å². The smallest absolute Gasteiger partial charge is 0.335 e. The fourth-order valence-corrected chi connectivity index (χ4v) is 8.19. The van der Waals surface area contributed by atoms with Crippen molar-refractivity contribution in [3.05, 3.63) is 217 Å². The first kappa shape index (κ1) is 55.1. The van der Waals surface area contributed by atoms with Gasteiger partial charge in [0.05, 0.1) is 44.5 Å². The van der Waals surface area contributed by atoms with E-state index in [1.807, 2.05) is 0 Å². The highest BCUT2D eigenvalue weighted by molar-refractivity contribution is 5.95. The summed E-state index contributed by atoms with van der Waals surface area (Å²) in [6.45, 7) is -2.57. The van der Waals surface area contributed by atoms with E-state index in [1.165, 1.54) is 91.0 Å². The Hall–Kier alpha value is -10.7. The molecule has 0 unspecified atom stereocenters. The van der Waals surface area contributed by atoms with Crippen LogP contribution in [0.2, 0.25) is 0 Å². The summed E-state index contributed by atoms with van der Waals surface area (Å²) in [6.07, 6.45) is 0.0219. The minimum Gasteiger partial charge on any atom is -0.489 e. The van der Waals surface area contributed by atoms with Crippen LogP contribution in [0.5, 0.6) is 28.7 Å². The molecule has 8 N–H and O–H groups in total. The molecule has 78 heavy (non-hydrogen) atoms. The van der Waals surface area contributed by atoms with Crippen molar-refractivity contribution < 1.29 is 103 Å². The molecule has 7 aromatic rings. The van der Waals surface area contributed by atoms with Crippen molar-refractivity contribution in [2.24, 2.45) is 0 Å². The quantitative estimate of drug-likeness (QED) is 0.0251. The van der Waals surface area contributed by atoms with E-state index in [0.717, 1.165) is 36.4 Å². The lowest BCUT2D eigenvalue weighted by molar-refractivity contribution is 0.0675. The molecule has 7 rings (SSSR count). The molecule has 21 heteroatoms. The SMILES string of the molecule is O=C(O)c1cccc(CCc2c(COc3cccc(C(=O)O)c3)c(COc3cccc(C(=O)O)c3)c(COc3cccc(C(=O)O)c3)c(COc3cc(C(=O)O)cc(C(=O)O)c3)c2COc2cc(C(=O)O)cc(C(=O)O)c2)c1. The highest BCUT2D eigenvalue weighted by atomic mass is 16.5. The Bertz CT molecular complexity index is 3230. The predicted octanol–water partition coefficient (Wildman–Crippen LogP) is 8.95. The Morgan fingerprint density at radius 2 is 0.500 bits per heavy atom. The minimum absolute atomic E-state index is 0.0261. The maximum atomic E-state index is 12.3. The number of carboxylic acid groups (broad SMARTS) is 8. The van der Waals surface area contributed by atoms with Crippen LogP contribution in [-0.2, 0) is 45.9 Å². The van der Waals surface area contributed by atoms with E-state index >= 15 is 0 Å². The normalized spacial score (nSPS) is 10.7. The van der Waals surface area contributed by atoms with Crippen LogP contribution in [0.15, 0.2) is 133 Å². The predicted molar refractivity (Wildman–Crippen MR) is 270 cm³/mol. The number of benzene rings is 7. The lowest BCUT2D eigenvalue weighted by Gasteiger charge is -2.28. The molecule has 0 aromatic heterocycles. The molecule has 0 bridgehead atoms. The molecular weight excluding hydrogens is 1020 g/mol. The van der Waals surface area contributed by atoms with Crippen molar-refractivity contribution in [1.29, 1.82) is 0 Å². The molecule has 0 heterocycles. The third kappa shape index (κ3) is 13.9. The molecule has 398 valence electrons. The summed E-state index contributed by atoms with van der Waals surface area (Å²) >= 11 is 0. The van der Waals surface area contributed by atoms with Gasteiger partial charge in [-0.05, 0) is 138 Å². The van der Waals surface area contributed by atoms with E-state index in [9.17, 15) is 79.2 Å². The van der Waals surface area contributed by atoms with Crippen molar-refractivity contribution in [1.82, 2.24) is 0 Å². The van der Waals surface area contributed by atoms with Gasteiger partial charge in [-0.25, -0.2) is 38.4 Å². The van der Waals surface area contributed by atoms with Crippen molar-refractivity contribution in [2.75, 3.05) is 0 Å². The van der Waals surface area contributed by atoms with E-state index in [4.69, 9.17) is 23.7 Å². The standard InChI is InChI=1S/C57H44O21/c58-50(59)31-6-1-5-30(15-31)13-14-44-45(25-74-39-10-2-7-32(18-39)51(60)61)47(27-75-40-11-3-8-33(19-40)52(62)63)49(28-76-41-12-4-9-34(20-41)53(64)65)48(29-78-43-23-37(56(70)71)17-38(24-43)57(72)73)46(44)26-77-42-21-35(54(66)67)16-36(22-42)55(68)69/h1-12,15-24H,13-14,25-29H2,(H,58,59)(H,60,61)(H,62,63)(H,64,65)(H,66,67)(H,68,69)(H,70,71)(H,72,73). The van der Waals surface area contributed by atoms with Gasteiger partial charge in [-0.1, -0.05) is 30.3 Å². The summed E-state index contributed by atoms with van der Waals surface area (Å²) < 4.78 is 31.7. The molecule has 0 aliphatic heterocycles. The summed E-state index contributed by atoms with van der Waals surface area (Å²) in [5.74, 6) is -11.5. The topological polar surface area (TPSA) is 345 Å². The Morgan fingerprint density at radius 1 is 0.256 bits per heavy atom. The average Bonchev–Trinajstić information content (AvgIpc) is 3.45. The van der Waals surface area contributed by atoms with Gasteiger partial charge in [0.1, 0.15) is 61.8 Å². The monoisotopic (exact) mass is 1060 g/mol. The molecule has 0 aliphatic rings. The van der Waals surface area contributed by atoms with Gasteiger partial charge in [0.2, 0.25) is 0 Å². The summed E-state index contributed by atoms with van der Waals surface area (Å²) in [4.78, 5) is 97.6. The van der Waals surface area contributed by atoms with Gasteiger partial charge in [0.25, 0.3) is 0 Å². The van der Waals surface area contributed by atoms with Gasteiger partial charge in [-0.2, -0.15) is 0 Å². The summed E-state index contributed by atoms with van der Waals surface area (Å²) in [5.41, 5.74) is -0.564. The third-order valence-corrected chi connectivity index (χ3v) is 12.0. The van der Waals surface area contributed by atoms with Crippen LogP contribution >= 0.6 is 0 Å². The third-order valence-electron chi connectivity index (χ3n) is 12.0. The van der Waals surface area contributed by atoms with Gasteiger partial charge in [-0.3, -0.25) is 0 Å². The maximum absolute atomic E-state index is 12.3. The van der Waals surface area contributed by atoms with Crippen LogP contribution < -0.4 is 23.7 Å². The number of carbonyl (C=O) groups is 8. The molecule has 0 saturated heterocycles. The van der Waals surface area contributed by atoms with E-state index in [1.54, 1.807) is 6.07 Å². The van der Waals surface area contributed by atoms with E-state index in [0.29, 0.717) is 11.1 Å². The lowest BCUT2D eigenvalue weighted by Crippen LogP contribution is -2.21. The Balaban J connectivity index is 1.55. The van der Waals surface area contributed by atoms with Crippen LogP contribution in [0.1, 0.15) is 122 Å². The lowest BCUT2D eigenvalue weighted by atomic mass is 9.84. The van der Waals surface area contributed by atoms with Gasteiger partial charge in [0.15, 0.2) is 0 Å². The fourth-order valence-electron chi connectivity index (χ4n) is 8.19. The van der Waals surface area contributed by atoms with Crippen molar-refractivity contribution in [3.63, 3.8) is 0 Å². The largest absolute Gasteiger partial charge is 0.489 e. The number of aryl methyl sites for hydroxylation is 1. The molecule has 0 amide bonds. The Kier molecular flexibility index (Phi) is 17.3. The molecule has 0 aliphatic carbocycles. The van der Waals surface area contributed by atoms with Gasteiger partial charge in [0, 0.05) is 16.7 Å². The summed E-state index contributed by atoms with van der Waals surface area (Å²) in [6, 6.07) is 28.5. The highest BCUT2D eigenvalue weighted by Crippen LogP contribution is 2.36. The molecular formula is C57H44O21. The maximum Gasteiger partial charge on any atom is 0.335 e. The van der Waals surface area contributed by atoms with Gasteiger partial charge >= 0.3 is 47.8 Å². The zero-order valence-electron chi connectivity index (χ0n) is 40.5. The number of aromatic carboxylic acids is 8. The van der Waals surface area contributed by atoms with Crippen LogP contribution in [0.25, 0.3) is 0 Å². The molecule has 0 fully saturated rings.